The lowest BCUT2D eigenvalue weighted by atomic mass is 9.64. The van der Waals surface area contributed by atoms with Crippen LogP contribution in [-0.4, -0.2) is 66.0 Å². The van der Waals surface area contributed by atoms with Gasteiger partial charge in [0.25, 0.3) is 0 Å². The molecule has 4 aliphatic rings. The zero-order valence-electron chi connectivity index (χ0n) is 16.3. The summed E-state index contributed by atoms with van der Waals surface area (Å²) in [5.74, 6) is 0.660. The smallest absolute Gasteiger partial charge is 0.220 e. The van der Waals surface area contributed by atoms with Gasteiger partial charge >= 0.3 is 0 Å². The van der Waals surface area contributed by atoms with Crippen LogP contribution in [0.5, 0.6) is 0 Å². The van der Waals surface area contributed by atoms with Crippen molar-refractivity contribution in [3.8, 4) is 0 Å². The Labute approximate surface area is 166 Å². The van der Waals surface area contributed by atoms with Crippen LogP contribution in [-0.2, 0) is 16.6 Å². The van der Waals surface area contributed by atoms with Crippen molar-refractivity contribution in [2.24, 2.45) is 5.92 Å². The number of aromatic nitrogens is 1. The third kappa shape index (κ3) is 3.23. The number of carbonyl (C=O) groups is 1. The molecule has 1 aromatic carbocycles. The van der Waals surface area contributed by atoms with E-state index in [1.54, 1.807) is 6.20 Å². The largest absolute Gasteiger partial charge is 0.352 e. The minimum atomic E-state index is -0.0110. The van der Waals surface area contributed by atoms with Crippen molar-refractivity contribution in [2.75, 3.05) is 39.3 Å². The summed E-state index contributed by atoms with van der Waals surface area (Å²) in [5.41, 5.74) is 2.48. The molecule has 4 fully saturated rings. The van der Waals surface area contributed by atoms with Gasteiger partial charge < -0.3 is 15.1 Å². The molecule has 1 amide bonds. The minimum absolute atomic E-state index is 0.0110. The third-order valence-corrected chi connectivity index (χ3v) is 6.82. The van der Waals surface area contributed by atoms with E-state index in [1.165, 1.54) is 5.56 Å². The maximum atomic E-state index is 12.9. The summed E-state index contributed by atoms with van der Waals surface area (Å²) in [6.45, 7) is 6.56. The van der Waals surface area contributed by atoms with Crippen molar-refractivity contribution in [3.63, 3.8) is 0 Å². The van der Waals surface area contributed by atoms with E-state index in [9.17, 15) is 4.79 Å². The van der Waals surface area contributed by atoms with Crippen LogP contribution in [0.3, 0.4) is 0 Å². The number of benzene rings is 1. The Bertz CT molecular complexity index is 809. The summed E-state index contributed by atoms with van der Waals surface area (Å²) in [6, 6.07) is 15.0. The molecule has 1 N–H and O–H groups in total. The van der Waals surface area contributed by atoms with Crippen LogP contribution >= 0.6 is 0 Å². The maximum Gasteiger partial charge on any atom is 0.220 e. The fourth-order valence-corrected chi connectivity index (χ4v) is 5.62. The second-order valence-electron chi connectivity index (χ2n) is 8.66. The molecule has 0 saturated carbocycles. The first-order valence-corrected chi connectivity index (χ1v) is 10.4. The molecule has 5 nitrogen and oxygen atoms in total. The van der Waals surface area contributed by atoms with E-state index in [1.807, 2.05) is 18.3 Å². The molecular formula is C23H28N4O. The van der Waals surface area contributed by atoms with Gasteiger partial charge in [-0.1, -0.05) is 36.4 Å². The standard InChI is InChI=1S/C23H28N4O/c28-21(9-8-18-5-4-10-24-13-18)25-22-19-14-26-11-12-27(15-19)17-23(22,16-26)20-6-2-1-3-7-20/h1-7,10,13,19,22H,8-9,11-12,14-17H2,(H,25,28). The number of hydrogen-bond acceptors (Lipinski definition) is 4. The monoisotopic (exact) mass is 376 g/mol. The lowest BCUT2D eigenvalue weighted by Crippen LogP contribution is -2.70. The maximum absolute atomic E-state index is 12.9. The molecule has 4 aliphatic heterocycles. The highest BCUT2D eigenvalue weighted by atomic mass is 16.1. The van der Waals surface area contributed by atoms with E-state index in [4.69, 9.17) is 0 Å². The predicted octanol–water partition coefficient (Wildman–Crippen LogP) is 1.70. The van der Waals surface area contributed by atoms with Gasteiger partial charge in [-0.15, -0.1) is 0 Å². The summed E-state index contributed by atoms with van der Waals surface area (Å²) >= 11 is 0. The SMILES string of the molecule is O=C(CCc1cccnc1)NC1C2CN3CCN(C2)CC1(c1ccccc1)C3. The molecule has 1 aromatic heterocycles. The molecule has 4 saturated heterocycles. The van der Waals surface area contributed by atoms with Crippen LogP contribution < -0.4 is 5.32 Å². The first-order valence-electron chi connectivity index (χ1n) is 10.4. The van der Waals surface area contributed by atoms with E-state index in [0.29, 0.717) is 12.3 Å². The van der Waals surface area contributed by atoms with Gasteiger partial charge in [0.15, 0.2) is 0 Å². The number of aryl methyl sites for hydroxylation is 1. The Morgan fingerprint density at radius 2 is 1.82 bits per heavy atom. The molecular weight excluding hydrogens is 348 g/mol. The highest BCUT2D eigenvalue weighted by molar-refractivity contribution is 5.77. The van der Waals surface area contributed by atoms with E-state index in [-0.39, 0.29) is 17.4 Å². The van der Waals surface area contributed by atoms with Gasteiger partial charge in [-0.2, -0.15) is 0 Å². The molecule has 0 spiro atoms. The second kappa shape index (κ2) is 7.30. The summed E-state index contributed by atoms with van der Waals surface area (Å²) < 4.78 is 0. The van der Waals surface area contributed by atoms with Crippen LogP contribution in [0.1, 0.15) is 17.5 Å². The molecule has 4 bridgehead atoms. The molecule has 5 heterocycles. The first-order chi connectivity index (χ1) is 13.7. The average molecular weight is 377 g/mol. The number of hydrogen-bond donors (Lipinski definition) is 1. The Kier molecular flexibility index (Phi) is 4.65. The van der Waals surface area contributed by atoms with Gasteiger partial charge in [-0.25, -0.2) is 0 Å². The number of pyridine rings is 1. The number of carbonyl (C=O) groups excluding carboxylic acids is 1. The lowest BCUT2D eigenvalue weighted by Gasteiger charge is -2.55. The molecule has 146 valence electrons. The molecule has 6 rings (SSSR count). The summed E-state index contributed by atoms with van der Waals surface area (Å²) in [7, 11) is 0. The van der Waals surface area contributed by atoms with Gasteiger partial charge in [0, 0.05) is 75.5 Å². The number of nitrogens with zero attached hydrogens (tertiary/aromatic N) is 3. The average Bonchev–Trinajstić information content (AvgIpc) is 2.99. The van der Waals surface area contributed by atoms with Crippen molar-refractivity contribution in [1.82, 2.24) is 20.1 Å². The number of nitrogens with one attached hydrogen (secondary N) is 1. The zero-order chi connectivity index (χ0) is 19.0. The third-order valence-electron chi connectivity index (χ3n) is 6.82. The second-order valence-corrected chi connectivity index (χ2v) is 8.66. The van der Waals surface area contributed by atoms with Gasteiger partial charge in [0.05, 0.1) is 0 Å². The van der Waals surface area contributed by atoms with Gasteiger partial charge in [0.1, 0.15) is 0 Å². The highest BCUT2D eigenvalue weighted by Gasteiger charge is 2.55. The molecule has 3 atom stereocenters. The highest BCUT2D eigenvalue weighted by Crippen LogP contribution is 2.43. The normalized spacial score (nSPS) is 33.4. The minimum Gasteiger partial charge on any atom is -0.352 e. The molecule has 28 heavy (non-hydrogen) atoms. The number of amides is 1. The fraction of sp³-hybridized carbons (Fsp3) is 0.478. The van der Waals surface area contributed by atoms with Crippen molar-refractivity contribution in [3.05, 3.63) is 66.0 Å². The van der Waals surface area contributed by atoms with Gasteiger partial charge in [0.2, 0.25) is 5.91 Å². The van der Waals surface area contributed by atoms with Gasteiger partial charge in [-0.3, -0.25) is 9.78 Å². The van der Waals surface area contributed by atoms with Crippen LogP contribution in [0, 0.1) is 5.92 Å². The van der Waals surface area contributed by atoms with Crippen molar-refractivity contribution in [1.29, 1.82) is 0 Å². The Morgan fingerprint density at radius 1 is 1.07 bits per heavy atom. The molecule has 0 aliphatic carbocycles. The predicted molar refractivity (Wildman–Crippen MR) is 109 cm³/mol. The van der Waals surface area contributed by atoms with E-state index < -0.39 is 0 Å². The van der Waals surface area contributed by atoms with Crippen LogP contribution in [0.15, 0.2) is 54.9 Å². The number of rotatable bonds is 5. The number of piperidine rings is 2. The van der Waals surface area contributed by atoms with E-state index >= 15 is 0 Å². The van der Waals surface area contributed by atoms with Gasteiger partial charge in [-0.05, 0) is 23.6 Å². The molecule has 5 heteroatoms. The van der Waals surface area contributed by atoms with Crippen molar-refractivity contribution >= 4 is 5.91 Å². The van der Waals surface area contributed by atoms with Crippen LogP contribution in [0.4, 0.5) is 0 Å². The van der Waals surface area contributed by atoms with Crippen LogP contribution in [0.2, 0.25) is 0 Å². The zero-order valence-corrected chi connectivity index (χ0v) is 16.3. The summed E-state index contributed by atoms with van der Waals surface area (Å²) in [6.07, 6.45) is 4.89. The molecule has 0 radical (unpaired) electrons. The molecule has 2 aromatic rings. The van der Waals surface area contributed by atoms with E-state index in [0.717, 1.165) is 51.3 Å². The topological polar surface area (TPSA) is 48.5 Å². The van der Waals surface area contributed by atoms with Crippen molar-refractivity contribution in [2.45, 2.75) is 24.3 Å². The Balaban J connectivity index is 1.38. The first kappa shape index (κ1) is 17.8. The fourth-order valence-electron chi connectivity index (χ4n) is 5.62. The number of fused-ring (bicyclic) bond motifs is 1. The lowest BCUT2D eigenvalue weighted by molar-refractivity contribution is -0.124. The summed E-state index contributed by atoms with van der Waals surface area (Å²) in [4.78, 5) is 22.3. The van der Waals surface area contributed by atoms with Crippen LogP contribution in [0.25, 0.3) is 0 Å². The quantitative estimate of drug-likeness (QED) is 0.863. The van der Waals surface area contributed by atoms with E-state index in [2.05, 4.69) is 50.4 Å². The molecule has 3 unspecified atom stereocenters. The Hall–Kier alpha value is -2.24. The van der Waals surface area contributed by atoms with Crippen molar-refractivity contribution < 1.29 is 4.79 Å². The Morgan fingerprint density at radius 3 is 2.50 bits per heavy atom. The summed E-state index contributed by atoms with van der Waals surface area (Å²) in [5, 5.41) is 3.49.